The van der Waals surface area contributed by atoms with Crippen LogP contribution in [0.25, 0.3) is 0 Å². The fraction of sp³-hybridized carbons (Fsp3) is 0.188. The summed E-state index contributed by atoms with van der Waals surface area (Å²) in [5.74, 6) is -1.67. The molecule has 0 aliphatic heterocycles. The fourth-order valence-electron chi connectivity index (χ4n) is 2.07. The molecule has 0 spiro atoms. The molecule has 3 nitrogen and oxygen atoms in total. The predicted molar refractivity (Wildman–Crippen MR) is 76.6 cm³/mol. The average molecular weight is 290 g/mol. The standard InChI is InChI=1S/C16H16F2N2O/c1-10(14-6-5-13(17)8-15(14)18)20-9-11-3-2-4-12(7-11)16(19)21/h2-8,10,20H,9H2,1H3,(H2,19,21). The van der Waals surface area contributed by atoms with Crippen LogP contribution in [0.1, 0.15) is 34.5 Å². The molecule has 1 unspecified atom stereocenters. The summed E-state index contributed by atoms with van der Waals surface area (Å²) in [4.78, 5) is 11.1. The third-order valence-corrected chi connectivity index (χ3v) is 3.25. The van der Waals surface area contributed by atoms with E-state index in [9.17, 15) is 13.6 Å². The van der Waals surface area contributed by atoms with Crippen LogP contribution in [0.4, 0.5) is 8.78 Å². The number of nitrogens with one attached hydrogen (secondary N) is 1. The average Bonchev–Trinajstić information content (AvgIpc) is 2.45. The first-order valence-corrected chi connectivity index (χ1v) is 6.54. The Morgan fingerprint density at radius 2 is 2.00 bits per heavy atom. The van der Waals surface area contributed by atoms with Gasteiger partial charge in [0.2, 0.25) is 5.91 Å². The zero-order valence-electron chi connectivity index (χ0n) is 11.6. The second-order valence-corrected chi connectivity index (χ2v) is 4.83. The third kappa shape index (κ3) is 3.86. The van der Waals surface area contributed by atoms with Crippen molar-refractivity contribution in [1.82, 2.24) is 5.32 Å². The Hall–Kier alpha value is -2.27. The Labute approximate surface area is 121 Å². The first-order valence-electron chi connectivity index (χ1n) is 6.54. The second kappa shape index (κ2) is 6.45. The van der Waals surface area contributed by atoms with Crippen molar-refractivity contribution in [3.8, 4) is 0 Å². The highest BCUT2D eigenvalue weighted by Crippen LogP contribution is 2.18. The number of rotatable bonds is 5. The van der Waals surface area contributed by atoms with Gasteiger partial charge in [-0.15, -0.1) is 0 Å². The zero-order valence-corrected chi connectivity index (χ0v) is 11.6. The van der Waals surface area contributed by atoms with E-state index in [1.807, 2.05) is 6.07 Å². The molecule has 0 bridgehead atoms. The molecule has 0 radical (unpaired) electrons. The summed E-state index contributed by atoms with van der Waals surface area (Å²) in [6.07, 6.45) is 0. The molecular weight excluding hydrogens is 274 g/mol. The summed E-state index contributed by atoms with van der Waals surface area (Å²) in [6, 6.07) is 10.1. The maximum absolute atomic E-state index is 13.7. The predicted octanol–water partition coefficient (Wildman–Crippen LogP) is 2.91. The van der Waals surface area contributed by atoms with Gasteiger partial charge in [0.15, 0.2) is 0 Å². The van der Waals surface area contributed by atoms with Crippen LogP contribution >= 0.6 is 0 Å². The molecule has 0 saturated heterocycles. The lowest BCUT2D eigenvalue weighted by atomic mass is 10.1. The molecular formula is C16H16F2N2O. The van der Waals surface area contributed by atoms with Gasteiger partial charge in [0.25, 0.3) is 0 Å². The highest BCUT2D eigenvalue weighted by atomic mass is 19.1. The number of carbonyl (C=O) groups is 1. The van der Waals surface area contributed by atoms with Crippen molar-refractivity contribution >= 4 is 5.91 Å². The van der Waals surface area contributed by atoms with Crippen molar-refractivity contribution in [2.45, 2.75) is 19.5 Å². The van der Waals surface area contributed by atoms with E-state index in [2.05, 4.69) is 5.32 Å². The minimum Gasteiger partial charge on any atom is -0.366 e. The van der Waals surface area contributed by atoms with E-state index >= 15 is 0 Å². The molecule has 0 saturated carbocycles. The van der Waals surface area contributed by atoms with Crippen molar-refractivity contribution in [2.75, 3.05) is 0 Å². The van der Waals surface area contributed by atoms with Crippen LogP contribution < -0.4 is 11.1 Å². The molecule has 0 aromatic heterocycles. The molecule has 0 heterocycles. The summed E-state index contributed by atoms with van der Waals surface area (Å²) >= 11 is 0. The van der Waals surface area contributed by atoms with E-state index < -0.39 is 17.5 Å². The quantitative estimate of drug-likeness (QED) is 0.889. The third-order valence-electron chi connectivity index (χ3n) is 3.25. The normalized spacial score (nSPS) is 12.1. The minimum absolute atomic E-state index is 0.289. The highest BCUT2D eigenvalue weighted by Gasteiger charge is 2.11. The van der Waals surface area contributed by atoms with Gasteiger partial charge in [0, 0.05) is 29.8 Å². The van der Waals surface area contributed by atoms with Crippen LogP contribution in [-0.4, -0.2) is 5.91 Å². The molecule has 0 aliphatic carbocycles. The number of hydrogen-bond acceptors (Lipinski definition) is 2. The molecule has 0 aliphatic rings. The van der Waals surface area contributed by atoms with Gasteiger partial charge in [-0.05, 0) is 30.7 Å². The van der Waals surface area contributed by atoms with Crippen molar-refractivity contribution in [1.29, 1.82) is 0 Å². The zero-order chi connectivity index (χ0) is 15.4. The Bertz CT molecular complexity index is 658. The molecule has 2 rings (SSSR count). The summed E-state index contributed by atoms with van der Waals surface area (Å²) in [7, 11) is 0. The van der Waals surface area contributed by atoms with Crippen molar-refractivity contribution in [2.24, 2.45) is 5.73 Å². The molecule has 2 aromatic rings. The molecule has 5 heteroatoms. The van der Waals surface area contributed by atoms with Crippen LogP contribution in [-0.2, 0) is 6.54 Å². The monoisotopic (exact) mass is 290 g/mol. The summed E-state index contributed by atoms with van der Waals surface area (Å²) in [6.45, 7) is 2.23. The lowest BCUT2D eigenvalue weighted by Crippen LogP contribution is -2.19. The van der Waals surface area contributed by atoms with Gasteiger partial charge in [0.1, 0.15) is 11.6 Å². The maximum Gasteiger partial charge on any atom is 0.248 e. The van der Waals surface area contributed by atoms with Gasteiger partial charge in [-0.1, -0.05) is 18.2 Å². The van der Waals surface area contributed by atoms with Gasteiger partial charge in [0.05, 0.1) is 0 Å². The highest BCUT2D eigenvalue weighted by molar-refractivity contribution is 5.92. The van der Waals surface area contributed by atoms with Crippen molar-refractivity contribution < 1.29 is 13.6 Å². The number of hydrogen-bond donors (Lipinski definition) is 2. The number of nitrogens with two attached hydrogens (primary N) is 1. The Morgan fingerprint density at radius 1 is 1.24 bits per heavy atom. The van der Waals surface area contributed by atoms with Crippen LogP contribution in [0.2, 0.25) is 0 Å². The molecule has 21 heavy (non-hydrogen) atoms. The number of benzene rings is 2. The maximum atomic E-state index is 13.7. The Morgan fingerprint density at radius 3 is 2.67 bits per heavy atom. The molecule has 3 N–H and O–H groups in total. The van der Waals surface area contributed by atoms with Gasteiger partial charge in [-0.25, -0.2) is 8.78 Å². The van der Waals surface area contributed by atoms with Crippen molar-refractivity contribution in [3.05, 3.63) is 70.8 Å². The van der Waals surface area contributed by atoms with Gasteiger partial charge in [-0.2, -0.15) is 0 Å². The molecule has 2 aromatic carbocycles. The van der Waals surface area contributed by atoms with E-state index in [4.69, 9.17) is 5.73 Å². The first-order chi connectivity index (χ1) is 9.97. The molecule has 110 valence electrons. The lowest BCUT2D eigenvalue weighted by molar-refractivity contribution is 0.1000. The smallest absolute Gasteiger partial charge is 0.248 e. The Balaban J connectivity index is 2.05. The number of amides is 1. The SMILES string of the molecule is CC(NCc1cccc(C(N)=O)c1)c1ccc(F)cc1F. The largest absolute Gasteiger partial charge is 0.366 e. The van der Waals surface area contributed by atoms with Crippen LogP contribution in [0, 0.1) is 11.6 Å². The van der Waals surface area contributed by atoms with E-state index in [-0.39, 0.29) is 6.04 Å². The van der Waals surface area contributed by atoms with Gasteiger partial charge < -0.3 is 11.1 Å². The van der Waals surface area contributed by atoms with Crippen LogP contribution in [0.3, 0.4) is 0 Å². The van der Waals surface area contributed by atoms with Crippen molar-refractivity contribution in [3.63, 3.8) is 0 Å². The van der Waals surface area contributed by atoms with Gasteiger partial charge in [-0.3, -0.25) is 4.79 Å². The van der Waals surface area contributed by atoms with E-state index in [1.54, 1.807) is 25.1 Å². The van der Waals surface area contributed by atoms with E-state index in [0.717, 1.165) is 11.6 Å². The second-order valence-electron chi connectivity index (χ2n) is 4.83. The van der Waals surface area contributed by atoms with Gasteiger partial charge >= 0.3 is 0 Å². The van der Waals surface area contributed by atoms with E-state index in [0.29, 0.717) is 17.7 Å². The topological polar surface area (TPSA) is 55.1 Å². The number of carbonyl (C=O) groups excluding carboxylic acids is 1. The number of halogens is 2. The fourth-order valence-corrected chi connectivity index (χ4v) is 2.07. The first kappa shape index (κ1) is 15.1. The minimum atomic E-state index is -0.599. The summed E-state index contributed by atoms with van der Waals surface area (Å²) < 4.78 is 26.5. The Kier molecular flexibility index (Phi) is 4.65. The summed E-state index contributed by atoms with van der Waals surface area (Å²) in [5, 5.41) is 3.13. The number of primary amides is 1. The molecule has 0 fully saturated rings. The molecule has 1 amide bonds. The van der Waals surface area contributed by atoms with E-state index in [1.165, 1.54) is 12.1 Å². The van der Waals surface area contributed by atoms with Crippen LogP contribution in [0.5, 0.6) is 0 Å². The lowest BCUT2D eigenvalue weighted by Gasteiger charge is -2.15. The van der Waals surface area contributed by atoms with Crippen LogP contribution in [0.15, 0.2) is 42.5 Å². The summed E-state index contributed by atoms with van der Waals surface area (Å²) in [5.41, 5.74) is 6.90. The molecule has 1 atom stereocenters.